The molecule has 0 aliphatic rings. The largest absolute Gasteiger partial charge is 0.290 e. The van der Waals surface area contributed by atoms with Crippen LogP contribution in [0.1, 0.15) is 13.3 Å². The third-order valence-corrected chi connectivity index (χ3v) is 2.88. The lowest BCUT2D eigenvalue weighted by Crippen LogP contribution is -2.31. The Balaban J connectivity index is 4.18. The zero-order valence-corrected chi connectivity index (χ0v) is 7.52. The highest BCUT2D eigenvalue weighted by Crippen LogP contribution is 2.02. The van der Waals surface area contributed by atoms with E-state index < -0.39 is 15.3 Å². The standard InChI is InChI=1S/C6H13NO3S/c1-4-5-6(2)11(8,9)7-10-3/h4,6-7H,1,5H2,2-3H3. The van der Waals surface area contributed by atoms with Crippen LogP contribution in [0.5, 0.6) is 0 Å². The first-order valence-electron chi connectivity index (χ1n) is 3.19. The number of nitrogens with one attached hydrogen (secondary N) is 1. The van der Waals surface area contributed by atoms with Gasteiger partial charge in [-0.15, -0.1) is 6.58 Å². The van der Waals surface area contributed by atoms with Gasteiger partial charge in [0.1, 0.15) is 0 Å². The Morgan fingerprint density at radius 2 is 2.27 bits per heavy atom. The molecule has 0 bridgehead atoms. The van der Waals surface area contributed by atoms with E-state index in [-0.39, 0.29) is 0 Å². The molecule has 0 saturated carbocycles. The lowest BCUT2D eigenvalue weighted by molar-refractivity contribution is 0.152. The van der Waals surface area contributed by atoms with Gasteiger partial charge in [0, 0.05) is 0 Å². The number of rotatable bonds is 5. The maximum Gasteiger partial charge on any atom is 0.236 e. The van der Waals surface area contributed by atoms with Crippen molar-refractivity contribution in [3.8, 4) is 0 Å². The topological polar surface area (TPSA) is 55.4 Å². The van der Waals surface area contributed by atoms with Crippen LogP contribution in [-0.2, 0) is 14.9 Å². The summed E-state index contributed by atoms with van der Waals surface area (Å²) in [5.41, 5.74) is 0. The van der Waals surface area contributed by atoms with E-state index in [0.29, 0.717) is 6.42 Å². The molecule has 0 heterocycles. The Kier molecular flexibility index (Phi) is 4.32. The van der Waals surface area contributed by atoms with Crippen molar-refractivity contribution in [2.45, 2.75) is 18.6 Å². The lowest BCUT2D eigenvalue weighted by atomic mass is 10.3. The molecule has 0 amide bonds. The van der Waals surface area contributed by atoms with Crippen LogP contribution in [0.25, 0.3) is 0 Å². The predicted molar refractivity (Wildman–Crippen MR) is 43.3 cm³/mol. The summed E-state index contributed by atoms with van der Waals surface area (Å²) in [6.07, 6.45) is 1.97. The van der Waals surface area contributed by atoms with Crippen molar-refractivity contribution in [2.75, 3.05) is 7.11 Å². The summed E-state index contributed by atoms with van der Waals surface area (Å²) in [7, 11) is -2.05. The van der Waals surface area contributed by atoms with Crippen molar-refractivity contribution in [3.63, 3.8) is 0 Å². The summed E-state index contributed by atoms with van der Waals surface area (Å²) in [5.74, 6) is 0. The zero-order chi connectivity index (χ0) is 8.91. The molecule has 0 radical (unpaired) electrons. The molecule has 0 spiro atoms. The van der Waals surface area contributed by atoms with Crippen molar-refractivity contribution >= 4 is 10.0 Å². The van der Waals surface area contributed by atoms with Gasteiger partial charge < -0.3 is 0 Å². The number of allylic oxidation sites excluding steroid dienone is 1. The van der Waals surface area contributed by atoms with Crippen LogP contribution in [0.3, 0.4) is 0 Å². The van der Waals surface area contributed by atoms with Gasteiger partial charge in [0.25, 0.3) is 0 Å². The molecular formula is C6H13NO3S. The second-order valence-electron chi connectivity index (χ2n) is 2.17. The maximum absolute atomic E-state index is 11.0. The van der Waals surface area contributed by atoms with Gasteiger partial charge in [-0.1, -0.05) is 11.0 Å². The van der Waals surface area contributed by atoms with Gasteiger partial charge in [0.2, 0.25) is 10.0 Å². The highest BCUT2D eigenvalue weighted by Gasteiger charge is 2.18. The minimum atomic E-state index is -3.32. The molecule has 0 aliphatic heterocycles. The number of sulfonamides is 1. The second-order valence-corrected chi connectivity index (χ2v) is 4.23. The van der Waals surface area contributed by atoms with Crippen LogP contribution in [0.4, 0.5) is 0 Å². The van der Waals surface area contributed by atoms with E-state index in [1.54, 1.807) is 13.0 Å². The Bertz CT molecular complexity index is 210. The highest BCUT2D eigenvalue weighted by molar-refractivity contribution is 7.89. The molecule has 4 nitrogen and oxygen atoms in total. The normalized spacial score (nSPS) is 14.4. The molecule has 1 atom stereocenters. The van der Waals surface area contributed by atoms with Crippen LogP contribution >= 0.6 is 0 Å². The average molecular weight is 179 g/mol. The smallest absolute Gasteiger partial charge is 0.236 e. The first kappa shape index (κ1) is 10.6. The highest BCUT2D eigenvalue weighted by atomic mass is 32.2. The molecule has 0 aromatic heterocycles. The summed E-state index contributed by atoms with van der Waals surface area (Å²) < 4.78 is 22.1. The van der Waals surface area contributed by atoms with Gasteiger partial charge in [-0.25, -0.2) is 8.42 Å². The Hall–Kier alpha value is -0.390. The molecule has 0 rings (SSSR count). The fraction of sp³-hybridized carbons (Fsp3) is 0.667. The molecule has 0 saturated heterocycles. The molecule has 66 valence electrons. The van der Waals surface area contributed by atoms with Crippen molar-refractivity contribution in [3.05, 3.63) is 12.7 Å². The van der Waals surface area contributed by atoms with Crippen LogP contribution in [0.15, 0.2) is 12.7 Å². The summed E-state index contributed by atoms with van der Waals surface area (Å²) in [5, 5.41) is -0.500. The maximum atomic E-state index is 11.0. The number of hydrogen-bond acceptors (Lipinski definition) is 3. The van der Waals surface area contributed by atoms with E-state index in [2.05, 4.69) is 11.4 Å². The van der Waals surface area contributed by atoms with E-state index in [9.17, 15) is 8.42 Å². The summed E-state index contributed by atoms with van der Waals surface area (Å²) in [6, 6.07) is 0. The first-order valence-corrected chi connectivity index (χ1v) is 4.73. The van der Waals surface area contributed by atoms with E-state index in [4.69, 9.17) is 0 Å². The van der Waals surface area contributed by atoms with Crippen LogP contribution in [-0.4, -0.2) is 20.8 Å². The molecular weight excluding hydrogens is 166 g/mol. The minimum absolute atomic E-state index is 0.415. The summed E-state index contributed by atoms with van der Waals surface area (Å²) in [6.45, 7) is 5.03. The van der Waals surface area contributed by atoms with Gasteiger partial charge in [0.15, 0.2) is 0 Å². The third kappa shape index (κ3) is 3.50. The van der Waals surface area contributed by atoms with Crippen LogP contribution in [0, 0.1) is 0 Å². The summed E-state index contributed by atoms with van der Waals surface area (Å²) >= 11 is 0. The molecule has 1 unspecified atom stereocenters. The monoisotopic (exact) mass is 179 g/mol. The van der Waals surface area contributed by atoms with Gasteiger partial charge >= 0.3 is 0 Å². The lowest BCUT2D eigenvalue weighted by Gasteiger charge is -2.09. The summed E-state index contributed by atoms with van der Waals surface area (Å²) in [4.78, 5) is 6.23. The SMILES string of the molecule is C=CCC(C)S(=O)(=O)NOC. The second kappa shape index (κ2) is 4.48. The zero-order valence-electron chi connectivity index (χ0n) is 6.70. The van der Waals surface area contributed by atoms with Gasteiger partial charge in [-0.05, 0) is 13.3 Å². The molecule has 0 aromatic carbocycles. The van der Waals surface area contributed by atoms with Crippen molar-refractivity contribution < 1.29 is 13.3 Å². The minimum Gasteiger partial charge on any atom is -0.290 e. The molecule has 0 aliphatic carbocycles. The van der Waals surface area contributed by atoms with Crippen molar-refractivity contribution in [1.29, 1.82) is 0 Å². The Morgan fingerprint density at radius 1 is 1.73 bits per heavy atom. The Morgan fingerprint density at radius 3 is 2.64 bits per heavy atom. The van der Waals surface area contributed by atoms with Gasteiger partial charge in [0.05, 0.1) is 12.4 Å². The quantitative estimate of drug-likeness (QED) is 0.492. The molecule has 1 N–H and O–H groups in total. The van der Waals surface area contributed by atoms with E-state index in [0.717, 1.165) is 0 Å². The third-order valence-electron chi connectivity index (χ3n) is 1.23. The van der Waals surface area contributed by atoms with Crippen molar-refractivity contribution in [2.24, 2.45) is 0 Å². The molecule has 0 aromatic rings. The van der Waals surface area contributed by atoms with E-state index in [1.807, 2.05) is 4.89 Å². The fourth-order valence-electron chi connectivity index (χ4n) is 0.560. The molecule has 0 fully saturated rings. The van der Waals surface area contributed by atoms with Gasteiger partial charge in [-0.2, -0.15) is 0 Å². The average Bonchev–Trinajstić information content (AvgIpc) is 1.88. The molecule has 11 heavy (non-hydrogen) atoms. The van der Waals surface area contributed by atoms with Crippen LogP contribution in [0.2, 0.25) is 0 Å². The number of hydrogen-bond donors (Lipinski definition) is 1. The predicted octanol–water partition coefficient (Wildman–Crippen LogP) is 0.432. The van der Waals surface area contributed by atoms with E-state index in [1.165, 1.54) is 7.11 Å². The van der Waals surface area contributed by atoms with Gasteiger partial charge in [-0.3, -0.25) is 4.84 Å². The first-order chi connectivity index (χ1) is 5.04. The van der Waals surface area contributed by atoms with Crippen LogP contribution < -0.4 is 4.89 Å². The molecule has 5 heteroatoms. The van der Waals surface area contributed by atoms with Crippen molar-refractivity contribution in [1.82, 2.24) is 4.89 Å². The fourth-order valence-corrected chi connectivity index (χ4v) is 1.35. The van der Waals surface area contributed by atoms with E-state index >= 15 is 0 Å². The Labute approximate surface area is 67.3 Å².